The van der Waals surface area contributed by atoms with Crippen LogP contribution in [-0.2, 0) is 11.2 Å². The molecule has 0 fully saturated rings. The van der Waals surface area contributed by atoms with Gasteiger partial charge in [0.1, 0.15) is 0 Å². The molecule has 1 atom stereocenters. The number of hydrogen-bond donors (Lipinski definition) is 1. The summed E-state index contributed by atoms with van der Waals surface area (Å²) in [4.78, 5) is 12.3. The van der Waals surface area contributed by atoms with Crippen LogP contribution in [0, 0.1) is 13.8 Å². The molecular formula is C19H22BrNO. The molecule has 0 saturated carbocycles. The summed E-state index contributed by atoms with van der Waals surface area (Å²) in [5.41, 5.74) is 4.73. The normalized spacial score (nSPS) is 12.0. The average molecular weight is 360 g/mol. The lowest BCUT2D eigenvalue weighted by Gasteiger charge is -2.18. The Hall–Kier alpha value is -1.61. The van der Waals surface area contributed by atoms with Gasteiger partial charge in [-0.05, 0) is 54.7 Å². The van der Waals surface area contributed by atoms with Crippen molar-refractivity contribution in [3.05, 3.63) is 69.2 Å². The monoisotopic (exact) mass is 359 g/mol. The molecule has 0 heterocycles. The fourth-order valence-corrected chi connectivity index (χ4v) is 2.93. The maximum Gasteiger partial charge on any atom is 0.224 e. The molecule has 3 heteroatoms. The van der Waals surface area contributed by atoms with Crippen LogP contribution in [0.5, 0.6) is 0 Å². The first-order valence-corrected chi connectivity index (χ1v) is 8.40. The Bertz CT molecular complexity index is 666. The van der Waals surface area contributed by atoms with Gasteiger partial charge in [-0.3, -0.25) is 4.79 Å². The number of rotatable bonds is 5. The first kappa shape index (κ1) is 16.8. The van der Waals surface area contributed by atoms with Crippen molar-refractivity contribution in [2.24, 2.45) is 0 Å². The minimum absolute atomic E-state index is 0.0585. The summed E-state index contributed by atoms with van der Waals surface area (Å²) in [6.45, 7) is 6.31. The van der Waals surface area contributed by atoms with Crippen molar-refractivity contribution in [3.8, 4) is 0 Å². The maximum atomic E-state index is 12.3. The Labute approximate surface area is 141 Å². The van der Waals surface area contributed by atoms with Gasteiger partial charge in [-0.1, -0.05) is 53.2 Å². The third kappa shape index (κ3) is 4.44. The van der Waals surface area contributed by atoms with E-state index in [9.17, 15) is 4.79 Å². The molecule has 2 nitrogen and oxygen atoms in total. The van der Waals surface area contributed by atoms with Crippen molar-refractivity contribution in [2.45, 2.75) is 39.7 Å². The van der Waals surface area contributed by atoms with Crippen molar-refractivity contribution in [1.29, 1.82) is 0 Å². The molecular weight excluding hydrogens is 338 g/mol. The summed E-state index contributed by atoms with van der Waals surface area (Å²) in [7, 11) is 0. The Morgan fingerprint density at radius 3 is 2.55 bits per heavy atom. The second kappa shape index (κ2) is 7.59. The lowest BCUT2D eigenvalue weighted by atomic mass is 9.99. The first-order valence-electron chi connectivity index (χ1n) is 7.60. The first-order chi connectivity index (χ1) is 10.5. The molecule has 0 aliphatic heterocycles. The van der Waals surface area contributed by atoms with Crippen LogP contribution in [0.25, 0.3) is 0 Å². The second-order valence-electron chi connectivity index (χ2n) is 5.68. The van der Waals surface area contributed by atoms with Gasteiger partial charge >= 0.3 is 0 Å². The molecule has 116 valence electrons. The molecule has 22 heavy (non-hydrogen) atoms. The van der Waals surface area contributed by atoms with Gasteiger partial charge in [0.25, 0.3) is 0 Å². The van der Waals surface area contributed by atoms with Gasteiger partial charge in [0.05, 0.1) is 12.5 Å². The lowest BCUT2D eigenvalue weighted by molar-refractivity contribution is -0.121. The highest BCUT2D eigenvalue weighted by molar-refractivity contribution is 9.10. The van der Waals surface area contributed by atoms with Crippen LogP contribution in [0.2, 0.25) is 0 Å². The summed E-state index contributed by atoms with van der Waals surface area (Å²) >= 11 is 3.44. The van der Waals surface area contributed by atoms with E-state index in [0.717, 1.165) is 16.5 Å². The van der Waals surface area contributed by atoms with Gasteiger partial charge in [-0.2, -0.15) is 0 Å². The molecule has 0 aliphatic carbocycles. The van der Waals surface area contributed by atoms with Crippen molar-refractivity contribution < 1.29 is 4.79 Å². The maximum absolute atomic E-state index is 12.3. The summed E-state index contributed by atoms with van der Waals surface area (Å²) in [6.07, 6.45) is 1.29. The highest BCUT2D eigenvalue weighted by Crippen LogP contribution is 2.20. The van der Waals surface area contributed by atoms with Crippen LogP contribution < -0.4 is 5.32 Å². The minimum atomic E-state index is 0.0585. The molecule has 0 spiro atoms. The predicted molar refractivity (Wildman–Crippen MR) is 94.9 cm³/mol. The van der Waals surface area contributed by atoms with Crippen LogP contribution in [0.3, 0.4) is 0 Å². The molecule has 0 bridgehead atoms. The van der Waals surface area contributed by atoms with Crippen LogP contribution in [0.15, 0.2) is 46.9 Å². The van der Waals surface area contributed by atoms with Gasteiger partial charge in [-0.25, -0.2) is 0 Å². The molecule has 0 unspecified atom stereocenters. The quantitative estimate of drug-likeness (QED) is 0.809. The summed E-state index contributed by atoms with van der Waals surface area (Å²) in [6, 6.07) is 14.3. The molecule has 0 aromatic heterocycles. The van der Waals surface area contributed by atoms with Gasteiger partial charge in [0, 0.05) is 4.47 Å². The number of amides is 1. The van der Waals surface area contributed by atoms with Crippen LogP contribution in [0.4, 0.5) is 0 Å². The zero-order chi connectivity index (χ0) is 16.1. The molecule has 2 aromatic carbocycles. The van der Waals surface area contributed by atoms with E-state index in [4.69, 9.17) is 0 Å². The van der Waals surface area contributed by atoms with Crippen molar-refractivity contribution >= 4 is 21.8 Å². The van der Waals surface area contributed by atoms with Crippen LogP contribution in [0.1, 0.15) is 41.6 Å². The molecule has 2 aromatic rings. The van der Waals surface area contributed by atoms with Gasteiger partial charge < -0.3 is 5.32 Å². The molecule has 1 N–H and O–H groups in total. The van der Waals surface area contributed by atoms with E-state index in [1.54, 1.807) is 0 Å². The largest absolute Gasteiger partial charge is 0.349 e. The lowest BCUT2D eigenvalue weighted by Crippen LogP contribution is -2.29. The van der Waals surface area contributed by atoms with E-state index in [1.165, 1.54) is 16.7 Å². The second-order valence-corrected chi connectivity index (χ2v) is 6.59. The van der Waals surface area contributed by atoms with Crippen molar-refractivity contribution in [3.63, 3.8) is 0 Å². The van der Waals surface area contributed by atoms with E-state index in [2.05, 4.69) is 60.2 Å². The number of halogens is 1. The Morgan fingerprint density at radius 2 is 1.91 bits per heavy atom. The Morgan fingerprint density at radius 1 is 1.14 bits per heavy atom. The number of aryl methyl sites for hydroxylation is 2. The standard InChI is InChI=1S/C19H22BrNO/c1-4-18(16-9-8-13(2)14(3)10-16)21-19(22)12-15-6-5-7-17(20)11-15/h5-11,18H,4,12H2,1-3H3,(H,21,22)/t18-/m0/s1. The third-order valence-electron chi connectivity index (χ3n) is 3.93. The Balaban J connectivity index is 2.06. The summed E-state index contributed by atoms with van der Waals surface area (Å²) in [5.74, 6) is 0.0585. The summed E-state index contributed by atoms with van der Waals surface area (Å²) in [5, 5.41) is 3.14. The van der Waals surface area contributed by atoms with Gasteiger partial charge in [-0.15, -0.1) is 0 Å². The SMILES string of the molecule is CC[C@H](NC(=O)Cc1cccc(Br)c1)c1ccc(C)c(C)c1. The smallest absolute Gasteiger partial charge is 0.224 e. The molecule has 0 radical (unpaired) electrons. The van der Waals surface area contributed by atoms with Crippen molar-refractivity contribution in [2.75, 3.05) is 0 Å². The van der Waals surface area contributed by atoms with Crippen molar-refractivity contribution in [1.82, 2.24) is 5.32 Å². The fourth-order valence-electron chi connectivity index (χ4n) is 2.48. The zero-order valence-corrected chi connectivity index (χ0v) is 14.9. The number of carbonyl (C=O) groups is 1. The number of hydrogen-bond acceptors (Lipinski definition) is 1. The van der Waals surface area contributed by atoms with E-state index >= 15 is 0 Å². The number of carbonyl (C=O) groups excluding carboxylic acids is 1. The van der Waals surface area contributed by atoms with Gasteiger partial charge in [0.2, 0.25) is 5.91 Å². The van der Waals surface area contributed by atoms with E-state index in [-0.39, 0.29) is 11.9 Å². The zero-order valence-electron chi connectivity index (χ0n) is 13.3. The fraction of sp³-hybridized carbons (Fsp3) is 0.316. The van der Waals surface area contributed by atoms with E-state index < -0.39 is 0 Å². The molecule has 0 aliphatic rings. The Kier molecular flexibility index (Phi) is 5.78. The highest BCUT2D eigenvalue weighted by atomic mass is 79.9. The number of benzene rings is 2. The van der Waals surface area contributed by atoms with E-state index in [0.29, 0.717) is 6.42 Å². The molecule has 0 saturated heterocycles. The molecule has 1 amide bonds. The van der Waals surface area contributed by atoms with Crippen LogP contribution >= 0.6 is 15.9 Å². The summed E-state index contributed by atoms with van der Waals surface area (Å²) < 4.78 is 0.999. The number of nitrogens with one attached hydrogen (secondary N) is 1. The predicted octanol–water partition coefficient (Wildman–Crippen LogP) is 4.88. The third-order valence-corrected chi connectivity index (χ3v) is 4.42. The van der Waals surface area contributed by atoms with E-state index in [1.807, 2.05) is 24.3 Å². The average Bonchev–Trinajstić information content (AvgIpc) is 2.48. The highest BCUT2D eigenvalue weighted by Gasteiger charge is 2.13. The van der Waals surface area contributed by atoms with Gasteiger partial charge in [0.15, 0.2) is 0 Å². The minimum Gasteiger partial charge on any atom is -0.349 e. The van der Waals surface area contributed by atoms with Crippen LogP contribution in [-0.4, -0.2) is 5.91 Å². The molecule has 2 rings (SSSR count). The topological polar surface area (TPSA) is 29.1 Å².